The van der Waals surface area contributed by atoms with E-state index in [0.717, 1.165) is 12.0 Å². The lowest BCUT2D eigenvalue weighted by molar-refractivity contribution is -0.199. The Bertz CT molecular complexity index is 1160. The summed E-state index contributed by atoms with van der Waals surface area (Å²) in [5, 5.41) is 6.12. The number of aromatic nitrogens is 2. The van der Waals surface area contributed by atoms with Gasteiger partial charge < -0.3 is 19.9 Å². The Hall–Kier alpha value is -2.78. The number of aryl methyl sites for hydroxylation is 1. The molecule has 3 saturated carbocycles. The van der Waals surface area contributed by atoms with E-state index in [2.05, 4.69) is 55.2 Å². The summed E-state index contributed by atoms with van der Waals surface area (Å²) in [4.78, 5) is 34.8. The van der Waals surface area contributed by atoms with Crippen LogP contribution in [0.3, 0.4) is 0 Å². The lowest BCUT2D eigenvalue weighted by atomic mass is 9.43. The van der Waals surface area contributed by atoms with E-state index in [0.29, 0.717) is 37.0 Å². The van der Waals surface area contributed by atoms with Gasteiger partial charge >= 0.3 is 7.12 Å². The van der Waals surface area contributed by atoms with Gasteiger partial charge in [0.2, 0.25) is 5.91 Å². The van der Waals surface area contributed by atoms with Crippen molar-refractivity contribution >= 4 is 18.9 Å². The minimum Gasteiger partial charge on any atom is -0.404 e. The lowest BCUT2D eigenvalue weighted by Gasteiger charge is -2.64. The van der Waals surface area contributed by atoms with Crippen molar-refractivity contribution in [2.75, 3.05) is 0 Å². The van der Waals surface area contributed by atoms with Crippen molar-refractivity contribution < 1.29 is 18.9 Å². The summed E-state index contributed by atoms with van der Waals surface area (Å²) in [6.07, 6.45) is 8.38. The summed E-state index contributed by atoms with van der Waals surface area (Å²) in [6.45, 7) is 11.1. The number of nitrogens with zero attached hydrogens (tertiary/aromatic N) is 2. The topological polar surface area (TPSA) is 102 Å². The Morgan fingerprint density at radius 2 is 1.87 bits per heavy atom. The highest BCUT2D eigenvalue weighted by Gasteiger charge is 2.68. The summed E-state index contributed by atoms with van der Waals surface area (Å²) in [5.74, 6) is 0.419. The molecule has 2 bridgehead atoms. The normalized spacial score (nSPS) is 28.3. The number of benzene rings is 1. The van der Waals surface area contributed by atoms with Crippen molar-refractivity contribution in [2.24, 2.45) is 23.2 Å². The van der Waals surface area contributed by atoms with Gasteiger partial charge in [-0.15, -0.1) is 0 Å². The van der Waals surface area contributed by atoms with Crippen molar-refractivity contribution in [3.8, 4) is 0 Å². The first kappa shape index (κ1) is 27.8. The molecule has 4 aliphatic rings. The fourth-order valence-electron chi connectivity index (χ4n) is 6.97. The number of carbonyl (C=O) groups excluding carboxylic acids is 2. The number of carbonyl (C=O) groups is 2. The van der Waals surface area contributed by atoms with Crippen molar-refractivity contribution in [3.63, 3.8) is 0 Å². The second kappa shape index (κ2) is 11.0. The van der Waals surface area contributed by atoms with Gasteiger partial charge in [-0.2, -0.15) is 0 Å². The Morgan fingerprint density at radius 3 is 2.54 bits per heavy atom. The van der Waals surface area contributed by atoms with Crippen LogP contribution >= 0.6 is 0 Å². The third-order valence-electron chi connectivity index (χ3n) is 9.33. The van der Waals surface area contributed by atoms with Gasteiger partial charge in [-0.05, 0) is 67.8 Å². The molecule has 0 spiro atoms. The SMILES string of the molecule is CC(C)C[C@H](NC(=O)[C@H](CCc1ccccc1)NC(=O)c1cnccn1)B1O[C@@H]2C[C@@H]3C[C@@H](C3(C)C)[C@]2(C)O1. The zero-order valence-electron chi connectivity index (χ0n) is 23.7. The molecule has 6 rings (SSSR count). The van der Waals surface area contributed by atoms with Gasteiger partial charge in [0.1, 0.15) is 11.7 Å². The van der Waals surface area contributed by atoms with Gasteiger partial charge in [-0.3, -0.25) is 14.6 Å². The van der Waals surface area contributed by atoms with Crippen LogP contribution in [0.1, 0.15) is 76.4 Å². The zero-order chi connectivity index (χ0) is 27.8. The van der Waals surface area contributed by atoms with Gasteiger partial charge in [0.15, 0.2) is 0 Å². The van der Waals surface area contributed by atoms with Crippen LogP contribution < -0.4 is 10.6 Å². The molecule has 2 heterocycles. The van der Waals surface area contributed by atoms with Crippen LogP contribution in [0, 0.1) is 23.2 Å². The number of hydrogen-bond acceptors (Lipinski definition) is 6. The Labute approximate surface area is 232 Å². The van der Waals surface area contributed by atoms with Gasteiger partial charge in [-0.1, -0.05) is 58.0 Å². The van der Waals surface area contributed by atoms with Crippen LogP contribution in [0.25, 0.3) is 0 Å². The molecule has 0 radical (unpaired) electrons. The van der Waals surface area contributed by atoms with E-state index < -0.39 is 19.1 Å². The van der Waals surface area contributed by atoms with E-state index in [-0.39, 0.29) is 34.7 Å². The lowest BCUT2D eigenvalue weighted by Crippen LogP contribution is -2.65. The molecule has 39 heavy (non-hydrogen) atoms. The first-order valence-electron chi connectivity index (χ1n) is 14.3. The molecule has 208 valence electrons. The molecular weight excluding hydrogens is 491 g/mol. The highest BCUT2D eigenvalue weighted by Crippen LogP contribution is 2.65. The highest BCUT2D eigenvalue weighted by atomic mass is 16.7. The molecule has 3 aliphatic carbocycles. The molecular formula is C30H41BN4O4. The van der Waals surface area contributed by atoms with Gasteiger partial charge in [0, 0.05) is 12.4 Å². The molecule has 2 aromatic rings. The minimum absolute atomic E-state index is 0.0380. The van der Waals surface area contributed by atoms with E-state index in [4.69, 9.17) is 9.31 Å². The minimum atomic E-state index is -0.750. The van der Waals surface area contributed by atoms with Gasteiger partial charge in [0.05, 0.1) is 23.8 Å². The summed E-state index contributed by atoms with van der Waals surface area (Å²) in [5.41, 5.74) is 1.17. The molecule has 9 heteroatoms. The van der Waals surface area contributed by atoms with Crippen LogP contribution in [-0.4, -0.2) is 52.6 Å². The van der Waals surface area contributed by atoms with Crippen molar-refractivity contribution in [1.29, 1.82) is 0 Å². The third-order valence-corrected chi connectivity index (χ3v) is 9.33. The van der Waals surface area contributed by atoms with E-state index in [9.17, 15) is 9.59 Å². The fourth-order valence-corrected chi connectivity index (χ4v) is 6.97. The Kier molecular flexibility index (Phi) is 7.84. The molecule has 2 amide bonds. The molecule has 1 saturated heterocycles. The number of hydrogen-bond donors (Lipinski definition) is 2. The quantitative estimate of drug-likeness (QED) is 0.449. The second-order valence-electron chi connectivity index (χ2n) is 12.7. The van der Waals surface area contributed by atoms with Crippen LogP contribution in [0.15, 0.2) is 48.9 Å². The van der Waals surface area contributed by atoms with E-state index in [1.54, 1.807) is 0 Å². The Balaban J connectivity index is 1.31. The molecule has 1 aromatic carbocycles. The molecule has 8 nitrogen and oxygen atoms in total. The summed E-state index contributed by atoms with van der Waals surface area (Å²) in [6, 6.07) is 9.21. The Morgan fingerprint density at radius 1 is 1.10 bits per heavy atom. The summed E-state index contributed by atoms with van der Waals surface area (Å²) >= 11 is 0. The standard InChI is InChI=1S/C30H41BN4O4/c1-19(2)15-26(31-38-25-17-21-16-24(29(21,3)4)30(25,5)39-31)35-27(36)22(12-11-20-9-7-6-8-10-20)34-28(37)23-18-32-13-14-33-23/h6-10,13-14,18-19,21-22,24-26H,11-12,15-17H2,1-5H3,(H,34,37)(H,35,36)/t21-,22-,24-,25+,26-,30-/m0/s1. The highest BCUT2D eigenvalue weighted by molar-refractivity contribution is 6.48. The molecule has 1 aliphatic heterocycles. The van der Waals surface area contributed by atoms with Crippen LogP contribution in [0.5, 0.6) is 0 Å². The van der Waals surface area contributed by atoms with E-state index in [1.807, 2.05) is 30.3 Å². The predicted octanol–water partition coefficient (Wildman–Crippen LogP) is 4.01. The van der Waals surface area contributed by atoms with Crippen LogP contribution in [0.4, 0.5) is 0 Å². The van der Waals surface area contributed by atoms with Crippen LogP contribution in [-0.2, 0) is 20.5 Å². The van der Waals surface area contributed by atoms with Crippen molar-refractivity contribution in [1.82, 2.24) is 20.6 Å². The first-order chi connectivity index (χ1) is 18.6. The number of nitrogens with one attached hydrogen (secondary N) is 2. The maximum Gasteiger partial charge on any atom is 0.481 e. The average molecular weight is 532 g/mol. The van der Waals surface area contributed by atoms with Crippen LogP contribution in [0.2, 0.25) is 0 Å². The third kappa shape index (κ3) is 5.61. The van der Waals surface area contributed by atoms with Crippen molar-refractivity contribution in [3.05, 3.63) is 60.2 Å². The van der Waals surface area contributed by atoms with E-state index >= 15 is 0 Å². The van der Waals surface area contributed by atoms with Gasteiger partial charge in [-0.25, -0.2) is 4.98 Å². The zero-order valence-corrected chi connectivity index (χ0v) is 23.7. The first-order valence-corrected chi connectivity index (χ1v) is 14.3. The largest absolute Gasteiger partial charge is 0.481 e. The monoisotopic (exact) mass is 532 g/mol. The fraction of sp³-hybridized carbons (Fsp3) is 0.600. The molecule has 2 N–H and O–H groups in total. The second-order valence-corrected chi connectivity index (χ2v) is 12.7. The average Bonchev–Trinajstić information content (AvgIpc) is 3.28. The maximum absolute atomic E-state index is 13.8. The maximum atomic E-state index is 13.8. The van der Waals surface area contributed by atoms with Gasteiger partial charge in [0.25, 0.3) is 5.91 Å². The molecule has 6 atom stereocenters. The smallest absolute Gasteiger partial charge is 0.404 e. The predicted molar refractivity (Wildman–Crippen MR) is 150 cm³/mol. The number of rotatable bonds is 10. The molecule has 1 aromatic heterocycles. The van der Waals surface area contributed by atoms with Crippen molar-refractivity contribution in [2.45, 2.75) is 90.4 Å². The van der Waals surface area contributed by atoms with E-state index in [1.165, 1.54) is 25.0 Å². The molecule has 0 unspecified atom stereocenters. The summed E-state index contributed by atoms with van der Waals surface area (Å²) < 4.78 is 13.3. The molecule has 4 fully saturated rings. The number of amides is 2. The summed E-state index contributed by atoms with van der Waals surface area (Å²) in [7, 11) is -0.521.